The Bertz CT molecular complexity index is 895. The highest BCUT2D eigenvalue weighted by Gasteiger charge is 2.25. The number of aromatic nitrogens is 2. The first kappa shape index (κ1) is 20.9. The number of nitrogens with zero attached hydrogens (tertiary/aromatic N) is 3. The van der Waals surface area contributed by atoms with Crippen LogP contribution in [0.25, 0.3) is 0 Å². The summed E-state index contributed by atoms with van der Waals surface area (Å²) in [6, 6.07) is 3.55. The molecule has 1 amide bonds. The van der Waals surface area contributed by atoms with Crippen molar-refractivity contribution in [2.24, 2.45) is 0 Å². The number of likely N-dealkylation sites (tertiary alicyclic amines) is 1. The second-order valence-corrected chi connectivity index (χ2v) is 8.09. The van der Waals surface area contributed by atoms with Gasteiger partial charge in [-0.1, -0.05) is 0 Å². The van der Waals surface area contributed by atoms with Crippen molar-refractivity contribution in [3.63, 3.8) is 0 Å². The fourth-order valence-electron chi connectivity index (χ4n) is 3.64. The van der Waals surface area contributed by atoms with Gasteiger partial charge in [-0.25, -0.2) is 4.98 Å². The summed E-state index contributed by atoms with van der Waals surface area (Å²) in [5.41, 5.74) is 8.51. The van der Waals surface area contributed by atoms with Crippen LogP contribution in [0.3, 0.4) is 0 Å². The molecule has 0 unspecified atom stereocenters. The van der Waals surface area contributed by atoms with Gasteiger partial charge in [0.2, 0.25) is 5.88 Å². The van der Waals surface area contributed by atoms with E-state index in [0.29, 0.717) is 28.4 Å². The number of pyridine rings is 1. The van der Waals surface area contributed by atoms with Crippen molar-refractivity contribution in [1.82, 2.24) is 14.5 Å². The maximum atomic E-state index is 13.1. The molecule has 1 aliphatic heterocycles. The summed E-state index contributed by atoms with van der Waals surface area (Å²) in [6.07, 6.45) is 6.60. The normalized spacial score (nSPS) is 14.5. The number of nitrogens with one attached hydrogen (secondary N) is 1. The van der Waals surface area contributed by atoms with Gasteiger partial charge in [0.05, 0.1) is 17.4 Å². The molecular formula is C22H31N5O2. The Morgan fingerprint density at radius 3 is 2.52 bits per heavy atom. The summed E-state index contributed by atoms with van der Waals surface area (Å²) < 4.78 is 7.72. The van der Waals surface area contributed by atoms with Crippen molar-refractivity contribution in [2.75, 3.05) is 18.8 Å². The average Bonchev–Trinajstić information content (AvgIpc) is 3.13. The van der Waals surface area contributed by atoms with Gasteiger partial charge in [0.25, 0.3) is 5.91 Å². The van der Waals surface area contributed by atoms with Crippen LogP contribution in [0.5, 0.6) is 5.88 Å². The molecule has 3 rings (SSSR count). The molecule has 7 nitrogen and oxygen atoms in total. The molecule has 3 heterocycles. The number of carbonyl (C=O) groups is 1. The number of carbonyl (C=O) groups excluding carboxylic acids is 1. The molecule has 0 atom stereocenters. The minimum absolute atomic E-state index is 0.0234. The largest absolute Gasteiger partial charge is 0.474 e. The van der Waals surface area contributed by atoms with Gasteiger partial charge in [-0.15, -0.1) is 0 Å². The van der Waals surface area contributed by atoms with E-state index < -0.39 is 0 Å². The molecule has 156 valence electrons. The fraction of sp³-hybridized carbons (Fsp3) is 0.500. The Morgan fingerprint density at radius 1 is 1.21 bits per heavy atom. The van der Waals surface area contributed by atoms with E-state index in [1.54, 1.807) is 18.3 Å². The molecule has 0 radical (unpaired) electrons. The number of hydrogen-bond acceptors (Lipinski definition) is 5. The molecule has 29 heavy (non-hydrogen) atoms. The van der Waals surface area contributed by atoms with E-state index in [1.807, 2.05) is 43.4 Å². The number of nitrogen functional groups attached to an aromatic ring is 1. The fourth-order valence-corrected chi connectivity index (χ4v) is 3.64. The average molecular weight is 398 g/mol. The number of anilines is 1. The molecule has 0 aliphatic carbocycles. The van der Waals surface area contributed by atoms with Crippen molar-refractivity contribution < 1.29 is 9.53 Å². The van der Waals surface area contributed by atoms with Crippen LogP contribution in [0.15, 0.2) is 24.5 Å². The van der Waals surface area contributed by atoms with Gasteiger partial charge < -0.3 is 19.9 Å². The van der Waals surface area contributed by atoms with Gasteiger partial charge in [0.1, 0.15) is 5.69 Å². The second kappa shape index (κ2) is 8.68. The van der Waals surface area contributed by atoms with E-state index in [1.165, 1.54) is 6.42 Å². The first-order valence-electron chi connectivity index (χ1n) is 10.3. The molecule has 3 N–H and O–H groups in total. The van der Waals surface area contributed by atoms with Gasteiger partial charge >= 0.3 is 0 Å². The van der Waals surface area contributed by atoms with Crippen LogP contribution < -0.4 is 10.5 Å². The van der Waals surface area contributed by atoms with Crippen LogP contribution in [0.2, 0.25) is 0 Å². The lowest BCUT2D eigenvalue weighted by Gasteiger charge is -2.27. The summed E-state index contributed by atoms with van der Waals surface area (Å²) >= 11 is 0. The zero-order valence-electron chi connectivity index (χ0n) is 17.7. The summed E-state index contributed by atoms with van der Waals surface area (Å²) in [5.74, 6) is 0.362. The van der Waals surface area contributed by atoms with E-state index in [4.69, 9.17) is 15.9 Å². The lowest BCUT2D eigenvalue weighted by atomic mass is 10.0. The monoisotopic (exact) mass is 397 g/mol. The molecule has 2 aromatic heterocycles. The molecule has 1 aliphatic rings. The standard InChI is InChI=1S/C22H31N5O2/c1-14(2)27-13-16(12-18(27)22(28)26-10-6-5-7-11-26)20(24)19-17(23)8-9-25-21(19)29-15(3)4/h8-9,12-15,24H,5-7,10-11H2,1-4H3,(H2,23,25). The van der Waals surface area contributed by atoms with E-state index in [-0.39, 0.29) is 23.8 Å². The van der Waals surface area contributed by atoms with Crippen molar-refractivity contribution in [3.8, 4) is 5.88 Å². The van der Waals surface area contributed by atoms with E-state index in [9.17, 15) is 4.79 Å². The zero-order valence-corrected chi connectivity index (χ0v) is 17.7. The Balaban J connectivity index is 2.00. The summed E-state index contributed by atoms with van der Waals surface area (Å²) in [5, 5.41) is 8.79. The predicted molar refractivity (Wildman–Crippen MR) is 115 cm³/mol. The number of rotatable bonds is 6. The highest BCUT2D eigenvalue weighted by Crippen LogP contribution is 2.28. The minimum atomic E-state index is -0.0904. The molecule has 2 aromatic rings. The van der Waals surface area contributed by atoms with E-state index >= 15 is 0 Å². The van der Waals surface area contributed by atoms with Crippen LogP contribution >= 0.6 is 0 Å². The van der Waals surface area contributed by atoms with E-state index in [0.717, 1.165) is 25.9 Å². The maximum Gasteiger partial charge on any atom is 0.270 e. The number of piperidine rings is 1. The Kier molecular flexibility index (Phi) is 6.25. The molecule has 1 fully saturated rings. The SMILES string of the molecule is CC(C)Oc1nccc(N)c1C(=N)c1cc(C(=O)N2CCCCC2)n(C(C)C)c1. The highest BCUT2D eigenvalue weighted by molar-refractivity contribution is 6.16. The van der Waals surface area contributed by atoms with Crippen molar-refractivity contribution in [2.45, 2.75) is 59.1 Å². The van der Waals surface area contributed by atoms with Gasteiger partial charge in [0, 0.05) is 42.8 Å². The Morgan fingerprint density at radius 2 is 1.90 bits per heavy atom. The maximum absolute atomic E-state index is 13.1. The molecular weight excluding hydrogens is 366 g/mol. The predicted octanol–water partition coefficient (Wildman–Crippen LogP) is 3.88. The van der Waals surface area contributed by atoms with Crippen LogP contribution in [0.4, 0.5) is 5.69 Å². The van der Waals surface area contributed by atoms with Gasteiger partial charge in [0.15, 0.2) is 0 Å². The topological polar surface area (TPSA) is 97.2 Å². The summed E-state index contributed by atoms with van der Waals surface area (Å²) in [7, 11) is 0. The van der Waals surface area contributed by atoms with Crippen LogP contribution in [0.1, 0.15) is 74.6 Å². The Hall–Kier alpha value is -2.83. The van der Waals surface area contributed by atoms with Gasteiger partial charge in [-0.2, -0.15) is 0 Å². The molecule has 1 saturated heterocycles. The quantitative estimate of drug-likeness (QED) is 0.723. The number of nitrogens with two attached hydrogens (primary N) is 1. The first-order chi connectivity index (χ1) is 13.8. The van der Waals surface area contributed by atoms with Gasteiger partial charge in [-0.05, 0) is 59.1 Å². The van der Waals surface area contributed by atoms with Crippen LogP contribution in [-0.2, 0) is 0 Å². The Labute approximate surface area is 172 Å². The number of hydrogen-bond donors (Lipinski definition) is 2. The first-order valence-corrected chi connectivity index (χ1v) is 10.3. The summed E-state index contributed by atoms with van der Waals surface area (Å²) in [6.45, 7) is 9.46. The molecule has 0 aromatic carbocycles. The van der Waals surface area contributed by atoms with Gasteiger partial charge in [-0.3, -0.25) is 10.2 Å². The summed E-state index contributed by atoms with van der Waals surface area (Å²) in [4.78, 5) is 19.3. The van der Waals surface area contributed by atoms with Crippen LogP contribution in [-0.4, -0.2) is 45.3 Å². The minimum Gasteiger partial charge on any atom is -0.474 e. The third kappa shape index (κ3) is 4.44. The third-order valence-electron chi connectivity index (χ3n) is 5.10. The van der Waals surface area contributed by atoms with Crippen LogP contribution in [0, 0.1) is 5.41 Å². The van der Waals surface area contributed by atoms with Crippen molar-refractivity contribution >= 4 is 17.3 Å². The number of ether oxygens (including phenoxy) is 1. The molecule has 7 heteroatoms. The third-order valence-corrected chi connectivity index (χ3v) is 5.10. The molecule has 0 bridgehead atoms. The zero-order chi connectivity index (χ0) is 21.1. The molecule has 0 saturated carbocycles. The van der Waals surface area contributed by atoms with Crippen molar-refractivity contribution in [1.29, 1.82) is 5.41 Å². The lowest BCUT2D eigenvalue weighted by molar-refractivity contribution is 0.0711. The highest BCUT2D eigenvalue weighted by atomic mass is 16.5. The van der Waals surface area contributed by atoms with Crippen molar-refractivity contribution in [3.05, 3.63) is 41.3 Å². The molecule has 0 spiro atoms. The second-order valence-electron chi connectivity index (χ2n) is 8.09. The van der Waals surface area contributed by atoms with E-state index in [2.05, 4.69) is 4.98 Å². The number of amides is 1. The lowest BCUT2D eigenvalue weighted by Crippen LogP contribution is -2.36. The smallest absolute Gasteiger partial charge is 0.270 e.